The van der Waals surface area contributed by atoms with Gasteiger partial charge in [-0.1, -0.05) is 20.8 Å². The minimum atomic E-state index is -0.131. The van der Waals surface area contributed by atoms with Crippen LogP contribution in [0.1, 0.15) is 52.3 Å². The lowest BCUT2D eigenvalue weighted by Crippen LogP contribution is -2.30. The summed E-state index contributed by atoms with van der Waals surface area (Å²) < 4.78 is 8.26. The van der Waals surface area contributed by atoms with Crippen LogP contribution in [0.4, 0.5) is 0 Å². The Morgan fingerprint density at radius 3 is 2.68 bits per heavy atom. The third-order valence-corrected chi connectivity index (χ3v) is 5.36. The molecule has 2 heterocycles. The van der Waals surface area contributed by atoms with Gasteiger partial charge in [0.25, 0.3) is 5.56 Å². The maximum Gasteiger partial charge on any atom is 0.272 e. The van der Waals surface area contributed by atoms with Crippen LogP contribution in [0.15, 0.2) is 17.1 Å². The summed E-state index contributed by atoms with van der Waals surface area (Å²) in [5.41, 5.74) is 0.296. The number of hydrogen-bond donors (Lipinski definition) is 0. The zero-order valence-corrected chi connectivity index (χ0v) is 14.0. The molecule has 1 fully saturated rings. The van der Waals surface area contributed by atoms with Crippen LogP contribution in [-0.4, -0.2) is 22.3 Å². The van der Waals surface area contributed by atoms with Gasteiger partial charge in [-0.2, -0.15) is 4.98 Å². The lowest BCUT2D eigenvalue weighted by atomic mass is 9.72. The van der Waals surface area contributed by atoms with Gasteiger partial charge in [0.15, 0.2) is 0 Å². The summed E-state index contributed by atoms with van der Waals surface area (Å²) in [6.07, 6.45) is 8.11. The normalized spacial score (nSPS) is 28.6. The molecule has 1 aliphatic carbocycles. The highest BCUT2D eigenvalue weighted by molar-refractivity contribution is 5.00. The van der Waals surface area contributed by atoms with Crippen molar-refractivity contribution in [3.63, 3.8) is 0 Å². The lowest BCUT2D eigenvalue weighted by Gasteiger charge is -2.37. The van der Waals surface area contributed by atoms with E-state index in [-0.39, 0.29) is 5.56 Å². The molecule has 3 rings (SSSR count). The SMILES string of the molecule is CC(C)(C)C1CCC(OCC2Cc3nc(=O)ccn3C2)CC1. The van der Waals surface area contributed by atoms with E-state index in [2.05, 4.69) is 30.3 Å². The van der Waals surface area contributed by atoms with Crippen LogP contribution in [0.3, 0.4) is 0 Å². The van der Waals surface area contributed by atoms with Gasteiger partial charge in [-0.25, -0.2) is 0 Å². The van der Waals surface area contributed by atoms with E-state index in [1.165, 1.54) is 25.7 Å². The smallest absolute Gasteiger partial charge is 0.272 e. The zero-order chi connectivity index (χ0) is 15.7. The molecule has 4 heteroatoms. The Morgan fingerprint density at radius 2 is 2.00 bits per heavy atom. The topological polar surface area (TPSA) is 44.1 Å². The number of hydrogen-bond acceptors (Lipinski definition) is 3. The molecule has 0 amide bonds. The first-order chi connectivity index (χ1) is 10.4. The van der Waals surface area contributed by atoms with E-state index in [0.717, 1.165) is 31.3 Å². The van der Waals surface area contributed by atoms with E-state index < -0.39 is 0 Å². The van der Waals surface area contributed by atoms with Crippen LogP contribution >= 0.6 is 0 Å². The minimum absolute atomic E-state index is 0.131. The second kappa shape index (κ2) is 6.15. The largest absolute Gasteiger partial charge is 0.378 e. The summed E-state index contributed by atoms with van der Waals surface area (Å²) in [5.74, 6) is 2.21. The number of fused-ring (bicyclic) bond motifs is 1. The third-order valence-electron chi connectivity index (χ3n) is 5.36. The first kappa shape index (κ1) is 15.7. The Bertz CT molecular complexity index is 565. The van der Waals surface area contributed by atoms with Crippen LogP contribution in [0, 0.1) is 17.3 Å². The van der Waals surface area contributed by atoms with Crippen molar-refractivity contribution in [2.24, 2.45) is 17.3 Å². The highest BCUT2D eigenvalue weighted by Crippen LogP contribution is 2.38. The molecule has 0 spiro atoms. The average Bonchev–Trinajstić information content (AvgIpc) is 2.86. The number of nitrogens with zero attached hydrogens (tertiary/aromatic N) is 2. The fourth-order valence-electron chi connectivity index (χ4n) is 3.88. The summed E-state index contributed by atoms with van der Waals surface area (Å²) in [6.45, 7) is 8.78. The van der Waals surface area contributed by atoms with Crippen molar-refractivity contribution >= 4 is 0 Å². The van der Waals surface area contributed by atoms with Crippen molar-refractivity contribution in [1.29, 1.82) is 0 Å². The molecule has 0 aromatic carbocycles. The Hall–Kier alpha value is -1.16. The Kier molecular flexibility index (Phi) is 4.40. The van der Waals surface area contributed by atoms with Gasteiger partial charge >= 0.3 is 0 Å². The van der Waals surface area contributed by atoms with E-state index in [1.807, 2.05) is 6.20 Å². The summed E-state index contributed by atoms with van der Waals surface area (Å²) in [4.78, 5) is 15.4. The van der Waals surface area contributed by atoms with Crippen molar-refractivity contribution < 1.29 is 4.74 Å². The number of rotatable bonds is 3. The van der Waals surface area contributed by atoms with E-state index in [1.54, 1.807) is 6.07 Å². The van der Waals surface area contributed by atoms with Gasteiger partial charge in [-0.3, -0.25) is 4.79 Å². The van der Waals surface area contributed by atoms with Crippen LogP contribution in [0.25, 0.3) is 0 Å². The molecule has 0 radical (unpaired) electrons. The standard InChI is InChI=1S/C18H28N2O2/c1-18(2,3)14-4-6-15(7-5-14)22-12-13-10-16-19-17(21)8-9-20(16)11-13/h8-9,13-15H,4-7,10-12H2,1-3H3. The molecule has 1 saturated carbocycles. The molecule has 1 aromatic rings. The molecule has 0 bridgehead atoms. The first-order valence-electron chi connectivity index (χ1n) is 8.60. The Balaban J connectivity index is 1.45. The molecule has 1 aromatic heterocycles. The quantitative estimate of drug-likeness (QED) is 0.862. The summed E-state index contributed by atoms with van der Waals surface area (Å²) in [5, 5.41) is 0. The van der Waals surface area contributed by atoms with Crippen molar-refractivity contribution in [3.8, 4) is 0 Å². The maximum absolute atomic E-state index is 11.3. The monoisotopic (exact) mass is 304 g/mol. The van der Waals surface area contributed by atoms with Gasteiger partial charge in [0, 0.05) is 31.1 Å². The van der Waals surface area contributed by atoms with Gasteiger partial charge in [0.05, 0.1) is 12.7 Å². The second-order valence-electron chi connectivity index (χ2n) is 8.08. The predicted octanol–water partition coefficient (Wildman–Crippen LogP) is 3.04. The molecule has 0 N–H and O–H groups in total. The van der Waals surface area contributed by atoms with Crippen molar-refractivity contribution in [1.82, 2.24) is 9.55 Å². The molecule has 1 aliphatic heterocycles. The molecule has 0 saturated heterocycles. The summed E-state index contributed by atoms with van der Waals surface area (Å²) in [6, 6.07) is 1.54. The highest BCUT2D eigenvalue weighted by Gasteiger charge is 2.30. The average molecular weight is 304 g/mol. The van der Waals surface area contributed by atoms with Gasteiger partial charge in [0.1, 0.15) is 5.82 Å². The van der Waals surface area contributed by atoms with Gasteiger partial charge < -0.3 is 9.30 Å². The molecule has 2 aliphatic rings. The third kappa shape index (κ3) is 3.60. The van der Waals surface area contributed by atoms with E-state index in [9.17, 15) is 4.79 Å². The van der Waals surface area contributed by atoms with Gasteiger partial charge in [-0.05, 0) is 37.0 Å². The van der Waals surface area contributed by atoms with Crippen molar-refractivity contribution in [2.45, 2.75) is 65.5 Å². The zero-order valence-electron chi connectivity index (χ0n) is 14.0. The van der Waals surface area contributed by atoms with E-state index in [0.29, 0.717) is 17.4 Å². The fourth-order valence-corrected chi connectivity index (χ4v) is 3.88. The molecule has 1 atom stereocenters. The lowest BCUT2D eigenvalue weighted by molar-refractivity contribution is -0.0120. The molecule has 1 unspecified atom stereocenters. The Labute approximate surface area is 132 Å². The first-order valence-corrected chi connectivity index (χ1v) is 8.60. The maximum atomic E-state index is 11.3. The van der Waals surface area contributed by atoms with E-state index >= 15 is 0 Å². The van der Waals surface area contributed by atoms with Crippen molar-refractivity contribution in [2.75, 3.05) is 6.61 Å². The van der Waals surface area contributed by atoms with Gasteiger partial charge in [-0.15, -0.1) is 0 Å². The minimum Gasteiger partial charge on any atom is -0.378 e. The highest BCUT2D eigenvalue weighted by atomic mass is 16.5. The predicted molar refractivity (Wildman–Crippen MR) is 86.8 cm³/mol. The van der Waals surface area contributed by atoms with Gasteiger partial charge in [0.2, 0.25) is 0 Å². The van der Waals surface area contributed by atoms with Crippen LogP contribution < -0.4 is 5.56 Å². The van der Waals surface area contributed by atoms with Crippen LogP contribution in [0.5, 0.6) is 0 Å². The van der Waals surface area contributed by atoms with Crippen LogP contribution in [0.2, 0.25) is 0 Å². The van der Waals surface area contributed by atoms with E-state index in [4.69, 9.17) is 4.74 Å². The molecule has 22 heavy (non-hydrogen) atoms. The number of ether oxygens (including phenoxy) is 1. The number of aromatic nitrogens is 2. The second-order valence-corrected chi connectivity index (χ2v) is 8.08. The summed E-state index contributed by atoms with van der Waals surface area (Å²) >= 11 is 0. The molecule has 4 nitrogen and oxygen atoms in total. The molecular weight excluding hydrogens is 276 g/mol. The van der Waals surface area contributed by atoms with Crippen LogP contribution in [-0.2, 0) is 17.7 Å². The molecular formula is C18H28N2O2. The van der Waals surface area contributed by atoms with Crippen molar-refractivity contribution in [3.05, 3.63) is 28.4 Å². The molecule has 122 valence electrons. The Morgan fingerprint density at radius 1 is 1.27 bits per heavy atom. The summed E-state index contributed by atoms with van der Waals surface area (Å²) in [7, 11) is 0. The fraction of sp³-hybridized carbons (Fsp3) is 0.778.